The predicted octanol–water partition coefficient (Wildman–Crippen LogP) is 3.18. The molecule has 2 N–H and O–H groups in total. The number of carbonyl (C=O) groups is 1. The lowest BCUT2D eigenvalue weighted by atomic mass is 10.0. The van der Waals surface area contributed by atoms with Gasteiger partial charge in [0.1, 0.15) is 5.82 Å². The van der Waals surface area contributed by atoms with Gasteiger partial charge in [-0.3, -0.25) is 4.79 Å². The lowest BCUT2D eigenvalue weighted by molar-refractivity contribution is 0.0647. The van der Waals surface area contributed by atoms with Crippen molar-refractivity contribution < 1.29 is 9.18 Å². The Balaban J connectivity index is 2.27. The van der Waals surface area contributed by atoms with Crippen LogP contribution < -0.4 is 5.73 Å². The molecule has 2 rings (SSSR count). The van der Waals surface area contributed by atoms with E-state index in [0.29, 0.717) is 23.5 Å². The van der Waals surface area contributed by atoms with Gasteiger partial charge in [-0.05, 0) is 60.3 Å². The van der Waals surface area contributed by atoms with E-state index in [-0.39, 0.29) is 17.5 Å². The lowest BCUT2D eigenvalue weighted by Gasteiger charge is -2.32. The van der Waals surface area contributed by atoms with E-state index in [1.54, 1.807) is 17.0 Å². The molecule has 20 heavy (non-hydrogen) atoms. The first-order valence-corrected chi connectivity index (χ1v) is 7.84. The normalized spacial score (nSPS) is 22.0. The molecule has 2 unspecified atom stereocenters. The molecule has 0 heterocycles. The highest BCUT2D eigenvalue weighted by atomic mass is 79.9. The van der Waals surface area contributed by atoms with Crippen LogP contribution in [0.25, 0.3) is 0 Å². The molecular weight excluding hydrogens is 323 g/mol. The Hall–Kier alpha value is -0.940. The van der Waals surface area contributed by atoms with Crippen molar-refractivity contribution in [1.82, 2.24) is 4.90 Å². The number of amides is 1. The summed E-state index contributed by atoms with van der Waals surface area (Å²) < 4.78 is 14.4. The third-order valence-electron chi connectivity index (χ3n) is 4.11. The summed E-state index contributed by atoms with van der Waals surface area (Å²) in [6, 6.07) is 4.96. The van der Waals surface area contributed by atoms with Gasteiger partial charge in [-0.2, -0.15) is 0 Å². The molecule has 1 amide bonds. The molecule has 5 heteroatoms. The fourth-order valence-corrected chi connectivity index (χ4v) is 3.42. The molecule has 1 aromatic rings. The minimum atomic E-state index is -0.488. The third-order valence-corrected chi connectivity index (χ3v) is 4.72. The van der Waals surface area contributed by atoms with Crippen LogP contribution in [0, 0.1) is 11.7 Å². The zero-order valence-corrected chi connectivity index (χ0v) is 13.2. The maximum Gasteiger partial charge on any atom is 0.257 e. The van der Waals surface area contributed by atoms with Crippen LogP contribution in [-0.4, -0.2) is 29.9 Å². The number of nitrogens with two attached hydrogens (primary N) is 1. The van der Waals surface area contributed by atoms with Crippen molar-refractivity contribution >= 4 is 21.8 Å². The second kappa shape index (κ2) is 6.68. The van der Waals surface area contributed by atoms with E-state index >= 15 is 0 Å². The summed E-state index contributed by atoms with van der Waals surface area (Å²) in [6.07, 6.45) is 3.08. The first kappa shape index (κ1) is 15.4. The summed E-state index contributed by atoms with van der Waals surface area (Å²) in [5.41, 5.74) is 5.92. The van der Waals surface area contributed by atoms with Gasteiger partial charge in [-0.25, -0.2) is 4.39 Å². The van der Waals surface area contributed by atoms with Crippen LogP contribution in [0.1, 0.15) is 36.5 Å². The number of rotatable bonds is 4. The van der Waals surface area contributed by atoms with Gasteiger partial charge in [0.25, 0.3) is 5.91 Å². The smallest absolute Gasteiger partial charge is 0.257 e. The molecule has 3 nitrogen and oxygen atoms in total. The minimum absolute atomic E-state index is 0.129. The van der Waals surface area contributed by atoms with Gasteiger partial charge in [0.15, 0.2) is 0 Å². The van der Waals surface area contributed by atoms with Crippen molar-refractivity contribution in [1.29, 1.82) is 0 Å². The quantitative estimate of drug-likeness (QED) is 0.913. The number of halogens is 2. The van der Waals surface area contributed by atoms with Crippen molar-refractivity contribution in [2.75, 3.05) is 13.1 Å². The average Bonchev–Trinajstić information content (AvgIpc) is 2.91. The Kier molecular flexibility index (Phi) is 5.16. The maximum absolute atomic E-state index is 14.1. The largest absolute Gasteiger partial charge is 0.336 e. The third kappa shape index (κ3) is 2.88. The van der Waals surface area contributed by atoms with Crippen LogP contribution in [0.4, 0.5) is 4.39 Å². The highest BCUT2D eigenvalue weighted by Crippen LogP contribution is 2.31. The molecule has 1 aliphatic carbocycles. The van der Waals surface area contributed by atoms with Gasteiger partial charge in [-0.15, -0.1) is 0 Å². The second-order valence-electron chi connectivity index (χ2n) is 5.19. The summed E-state index contributed by atoms with van der Waals surface area (Å²) in [5, 5.41) is 0. The van der Waals surface area contributed by atoms with Crippen molar-refractivity contribution in [3.63, 3.8) is 0 Å². The second-order valence-corrected chi connectivity index (χ2v) is 6.04. The molecule has 0 aliphatic heterocycles. The van der Waals surface area contributed by atoms with Gasteiger partial charge < -0.3 is 10.6 Å². The van der Waals surface area contributed by atoms with Crippen LogP contribution in [0.3, 0.4) is 0 Å². The zero-order valence-electron chi connectivity index (χ0n) is 11.6. The van der Waals surface area contributed by atoms with E-state index in [1.165, 1.54) is 6.07 Å². The maximum atomic E-state index is 14.1. The first-order valence-electron chi connectivity index (χ1n) is 7.05. The van der Waals surface area contributed by atoms with Crippen LogP contribution in [0.5, 0.6) is 0 Å². The Morgan fingerprint density at radius 3 is 2.90 bits per heavy atom. The van der Waals surface area contributed by atoms with Crippen LogP contribution in [0.15, 0.2) is 22.7 Å². The van der Waals surface area contributed by atoms with E-state index in [2.05, 4.69) is 15.9 Å². The van der Waals surface area contributed by atoms with Crippen molar-refractivity contribution in [2.45, 2.75) is 32.2 Å². The molecular formula is C15H20BrFN2O. The van der Waals surface area contributed by atoms with Crippen molar-refractivity contribution in [2.24, 2.45) is 11.7 Å². The molecule has 2 atom stereocenters. The molecule has 0 aromatic heterocycles. The molecule has 0 radical (unpaired) electrons. The molecule has 1 aromatic carbocycles. The van der Waals surface area contributed by atoms with Crippen LogP contribution in [-0.2, 0) is 0 Å². The number of benzene rings is 1. The summed E-state index contributed by atoms with van der Waals surface area (Å²) in [7, 11) is 0. The van der Waals surface area contributed by atoms with Crippen LogP contribution in [0.2, 0.25) is 0 Å². The van der Waals surface area contributed by atoms with E-state index in [4.69, 9.17) is 5.73 Å². The molecule has 0 bridgehead atoms. The molecule has 1 fully saturated rings. The van der Waals surface area contributed by atoms with E-state index < -0.39 is 5.82 Å². The monoisotopic (exact) mass is 342 g/mol. The van der Waals surface area contributed by atoms with Gasteiger partial charge in [0.2, 0.25) is 0 Å². The van der Waals surface area contributed by atoms with E-state index in [0.717, 1.165) is 19.3 Å². The molecule has 0 spiro atoms. The fraction of sp³-hybridized carbons (Fsp3) is 0.533. The van der Waals surface area contributed by atoms with Crippen LogP contribution >= 0.6 is 15.9 Å². The molecule has 110 valence electrons. The standard InChI is InChI=1S/C15H20BrFN2O/c1-2-19(13-8-3-5-10(13)9-18)15(20)11-6-4-7-12(16)14(11)17/h4,6-7,10,13H,2-3,5,8-9,18H2,1H3. The summed E-state index contributed by atoms with van der Waals surface area (Å²) in [4.78, 5) is 14.4. The topological polar surface area (TPSA) is 46.3 Å². The molecule has 1 aliphatic rings. The fourth-order valence-electron chi connectivity index (χ4n) is 3.05. The van der Waals surface area contributed by atoms with Crippen molar-refractivity contribution in [3.8, 4) is 0 Å². The zero-order chi connectivity index (χ0) is 14.7. The summed E-state index contributed by atoms with van der Waals surface area (Å²) in [6.45, 7) is 3.08. The average molecular weight is 343 g/mol. The molecule has 0 saturated heterocycles. The predicted molar refractivity (Wildman–Crippen MR) is 81.0 cm³/mol. The van der Waals surface area contributed by atoms with Crippen molar-refractivity contribution in [3.05, 3.63) is 34.1 Å². The lowest BCUT2D eigenvalue weighted by Crippen LogP contribution is -2.44. The highest BCUT2D eigenvalue weighted by molar-refractivity contribution is 9.10. The number of hydrogen-bond donors (Lipinski definition) is 1. The first-order chi connectivity index (χ1) is 9.60. The Bertz CT molecular complexity index is 495. The summed E-state index contributed by atoms with van der Waals surface area (Å²) >= 11 is 3.13. The summed E-state index contributed by atoms with van der Waals surface area (Å²) in [5.74, 6) is -0.399. The SMILES string of the molecule is CCN(C(=O)c1cccc(Br)c1F)C1CCCC1CN. The van der Waals surface area contributed by atoms with Gasteiger partial charge in [0.05, 0.1) is 10.0 Å². The minimum Gasteiger partial charge on any atom is -0.336 e. The Morgan fingerprint density at radius 2 is 2.25 bits per heavy atom. The Labute approximate surface area is 127 Å². The van der Waals surface area contributed by atoms with Gasteiger partial charge in [-0.1, -0.05) is 12.5 Å². The van der Waals surface area contributed by atoms with E-state index in [1.807, 2.05) is 6.92 Å². The molecule has 1 saturated carbocycles. The number of hydrogen-bond acceptors (Lipinski definition) is 2. The van der Waals surface area contributed by atoms with Gasteiger partial charge in [0, 0.05) is 12.6 Å². The Morgan fingerprint density at radius 1 is 1.50 bits per heavy atom. The number of carbonyl (C=O) groups excluding carboxylic acids is 1. The van der Waals surface area contributed by atoms with Gasteiger partial charge >= 0.3 is 0 Å². The highest BCUT2D eigenvalue weighted by Gasteiger charge is 2.34. The van der Waals surface area contributed by atoms with E-state index in [9.17, 15) is 9.18 Å². The number of nitrogens with zero attached hydrogens (tertiary/aromatic N) is 1.